The summed E-state index contributed by atoms with van der Waals surface area (Å²) in [6.45, 7) is 2.21. The monoisotopic (exact) mass is 416 g/mol. The molecule has 29 heavy (non-hydrogen) atoms. The highest BCUT2D eigenvalue weighted by Gasteiger charge is 2.34. The van der Waals surface area contributed by atoms with Gasteiger partial charge in [0, 0.05) is 26.1 Å². The van der Waals surface area contributed by atoms with Gasteiger partial charge in [0.05, 0.1) is 13.7 Å². The van der Waals surface area contributed by atoms with Crippen LogP contribution in [0.4, 0.5) is 0 Å². The van der Waals surface area contributed by atoms with Crippen molar-refractivity contribution in [1.82, 2.24) is 0 Å². The predicted octanol–water partition coefficient (Wildman–Crippen LogP) is 6.23. The standard InChI is InChI=1S/C23H44O6/c1-24-28-23(17-11-6-4-2-3-5-7-12-18-23)29-27-21-14-9-8-13-19-25-22-16-10-15-20-26-22/h22H,2-21H2,1H3. The van der Waals surface area contributed by atoms with E-state index in [2.05, 4.69) is 0 Å². The highest BCUT2D eigenvalue weighted by Crippen LogP contribution is 2.30. The van der Waals surface area contributed by atoms with Crippen molar-refractivity contribution in [2.75, 3.05) is 26.9 Å². The second-order valence-corrected chi connectivity index (χ2v) is 8.48. The third kappa shape index (κ3) is 11.7. The first-order valence-electron chi connectivity index (χ1n) is 12.1. The minimum Gasteiger partial charge on any atom is -0.353 e. The molecule has 1 saturated carbocycles. The summed E-state index contributed by atoms with van der Waals surface area (Å²) >= 11 is 0. The lowest BCUT2D eigenvalue weighted by atomic mass is 10.0. The summed E-state index contributed by atoms with van der Waals surface area (Å²) < 4.78 is 11.4. The quantitative estimate of drug-likeness (QED) is 0.163. The SMILES string of the molecule is COOC1(OOCCCCCCOC2CCCCO2)CCCCCCCCCC1. The molecule has 6 nitrogen and oxygen atoms in total. The summed E-state index contributed by atoms with van der Waals surface area (Å²) in [4.78, 5) is 22.0. The summed E-state index contributed by atoms with van der Waals surface area (Å²) in [5.41, 5.74) is 0. The molecule has 2 fully saturated rings. The van der Waals surface area contributed by atoms with Crippen molar-refractivity contribution in [3.05, 3.63) is 0 Å². The molecule has 0 amide bonds. The first kappa shape index (κ1) is 25.0. The van der Waals surface area contributed by atoms with Crippen LogP contribution in [-0.2, 0) is 29.0 Å². The topological polar surface area (TPSA) is 55.4 Å². The van der Waals surface area contributed by atoms with Gasteiger partial charge >= 0.3 is 0 Å². The van der Waals surface area contributed by atoms with Crippen LogP contribution in [0.2, 0.25) is 0 Å². The third-order valence-electron chi connectivity index (χ3n) is 5.88. The van der Waals surface area contributed by atoms with Crippen LogP contribution in [0.3, 0.4) is 0 Å². The largest absolute Gasteiger partial charge is 0.353 e. The molecule has 1 aliphatic carbocycles. The van der Waals surface area contributed by atoms with Crippen molar-refractivity contribution in [3.63, 3.8) is 0 Å². The average Bonchev–Trinajstić information content (AvgIpc) is 2.79. The second-order valence-electron chi connectivity index (χ2n) is 8.48. The van der Waals surface area contributed by atoms with Gasteiger partial charge in [-0.1, -0.05) is 51.4 Å². The van der Waals surface area contributed by atoms with E-state index in [-0.39, 0.29) is 6.29 Å². The number of rotatable bonds is 12. The molecule has 1 atom stereocenters. The summed E-state index contributed by atoms with van der Waals surface area (Å²) in [7, 11) is 1.55. The normalized spacial score (nSPS) is 24.1. The Kier molecular flexibility index (Phi) is 14.2. The van der Waals surface area contributed by atoms with Gasteiger partial charge in [-0.25, -0.2) is 9.78 Å². The number of hydrogen-bond acceptors (Lipinski definition) is 6. The Labute approximate surface area is 177 Å². The minimum absolute atomic E-state index is 0.0269. The first-order valence-corrected chi connectivity index (χ1v) is 12.1. The summed E-state index contributed by atoms with van der Waals surface area (Å²) in [5.74, 6) is -0.757. The van der Waals surface area contributed by atoms with Gasteiger partial charge < -0.3 is 9.47 Å². The molecule has 2 aliphatic rings. The van der Waals surface area contributed by atoms with Gasteiger partial charge in [0.15, 0.2) is 6.29 Å². The maximum Gasteiger partial charge on any atom is 0.233 e. The fraction of sp³-hybridized carbons (Fsp3) is 1.00. The molecule has 6 heteroatoms. The lowest BCUT2D eigenvalue weighted by Crippen LogP contribution is -2.36. The smallest absolute Gasteiger partial charge is 0.233 e. The number of ether oxygens (including phenoxy) is 2. The zero-order valence-corrected chi connectivity index (χ0v) is 18.7. The van der Waals surface area contributed by atoms with Gasteiger partial charge in [-0.05, 0) is 44.9 Å². The van der Waals surface area contributed by atoms with Crippen molar-refractivity contribution in [2.45, 2.75) is 121 Å². The summed E-state index contributed by atoms with van der Waals surface area (Å²) in [6.07, 6.45) is 19.2. The zero-order chi connectivity index (χ0) is 20.5. The fourth-order valence-corrected chi connectivity index (χ4v) is 4.13. The Balaban J connectivity index is 1.54. The highest BCUT2D eigenvalue weighted by atomic mass is 17.3. The van der Waals surface area contributed by atoms with Gasteiger partial charge in [0.1, 0.15) is 0 Å². The van der Waals surface area contributed by atoms with Crippen LogP contribution in [0.5, 0.6) is 0 Å². The molecule has 0 spiro atoms. The summed E-state index contributed by atoms with van der Waals surface area (Å²) in [5, 5.41) is 0. The fourth-order valence-electron chi connectivity index (χ4n) is 4.13. The lowest BCUT2D eigenvalue weighted by molar-refractivity contribution is -0.509. The van der Waals surface area contributed by atoms with Crippen molar-refractivity contribution in [1.29, 1.82) is 0 Å². The van der Waals surface area contributed by atoms with Gasteiger partial charge in [-0.3, -0.25) is 0 Å². The van der Waals surface area contributed by atoms with E-state index in [1.54, 1.807) is 7.11 Å². The van der Waals surface area contributed by atoms with Crippen LogP contribution in [0.1, 0.15) is 109 Å². The Morgan fingerprint density at radius 3 is 2.00 bits per heavy atom. The van der Waals surface area contributed by atoms with Crippen LogP contribution in [0, 0.1) is 0 Å². The number of hydrogen-bond donors (Lipinski definition) is 0. The van der Waals surface area contributed by atoms with Crippen LogP contribution in [0.25, 0.3) is 0 Å². The van der Waals surface area contributed by atoms with E-state index in [4.69, 9.17) is 29.0 Å². The van der Waals surface area contributed by atoms with Crippen LogP contribution >= 0.6 is 0 Å². The molecule has 0 aromatic heterocycles. The molecule has 1 aliphatic heterocycles. The second kappa shape index (κ2) is 16.5. The molecule has 0 aromatic rings. The first-order chi connectivity index (χ1) is 14.3. The Morgan fingerprint density at radius 1 is 0.724 bits per heavy atom. The van der Waals surface area contributed by atoms with Gasteiger partial charge in [-0.15, -0.1) is 0 Å². The molecule has 0 aromatic carbocycles. The number of unbranched alkanes of at least 4 members (excludes halogenated alkanes) is 3. The van der Waals surface area contributed by atoms with E-state index in [9.17, 15) is 0 Å². The minimum atomic E-state index is -0.757. The molecule has 1 unspecified atom stereocenters. The van der Waals surface area contributed by atoms with Crippen molar-refractivity contribution >= 4 is 0 Å². The van der Waals surface area contributed by atoms with Crippen LogP contribution in [0.15, 0.2) is 0 Å². The molecule has 172 valence electrons. The van der Waals surface area contributed by atoms with E-state index in [0.717, 1.165) is 71.0 Å². The van der Waals surface area contributed by atoms with E-state index < -0.39 is 5.79 Å². The Bertz CT molecular complexity index is 360. The third-order valence-corrected chi connectivity index (χ3v) is 5.88. The molecular weight excluding hydrogens is 372 g/mol. The van der Waals surface area contributed by atoms with Gasteiger partial charge in [0.25, 0.3) is 0 Å². The van der Waals surface area contributed by atoms with Crippen molar-refractivity contribution in [2.24, 2.45) is 0 Å². The Morgan fingerprint density at radius 2 is 1.38 bits per heavy atom. The van der Waals surface area contributed by atoms with Gasteiger partial charge in [0.2, 0.25) is 5.79 Å². The maximum absolute atomic E-state index is 5.80. The molecular formula is C23H44O6. The van der Waals surface area contributed by atoms with Crippen molar-refractivity contribution < 1.29 is 29.0 Å². The van der Waals surface area contributed by atoms with E-state index >= 15 is 0 Å². The zero-order valence-electron chi connectivity index (χ0n) is 18.7. The molecule has 0 bridgehead atoms. The molecule has 0 radical (unpaired) electrons. The summed E-state index contributed by atoms with van der Waals surface area (Å²) in [6, 6.07) is 0. The average molecular weight is 417 g/mol. The molecule has 1 heterocycles. The molecule has 2 rings (SSSR count). The van der Waals surface area contributed by atoms with Crippen LogP contribution < -0.4 is 0 Å². The molecule has 1 saturated heterocycles. The van der Waals surface area contributed by atoms with Gasteiger partial charge in [-0.2, -0.15) is 9.78 Å². The van der Waals surface area contributed by atoms with E-state index in [0.29, 0.717) is 6.61 Å². The lowest BCUT2D eigenvalue weighted by Gasteiger charge is -2.30. The maximum atomic E-state index is 5.80. The van der Waals surface area contributed by atoms with E-state index in [1.165, 1.54) is 51.4 Å². The molecule has 0 N–H and O–H groups in total. The predicted molar refractivity (Wildman–Crippen MR) is 112 cm³/mol. The van der Waals surface area contributed by atoms with Crippen LogP contribution in [-0.4, -0.2) is 39.0 Å². The Hall–Kier alpha value is -0.240. The highest BCUT2D eigenvalue weighted by molar-refractivity contribution is 4.69. The van der Waals surface area contributed by atoms with E-state index in [1.807, 2.05) is 0 Å². The van der Waals surface area contributed by atoms with Crippen molar-refractivity contribution in [3.8, 4) is 0 Å².